The van der Waals surface area contributed by atoms with E-state index in [1.165, 1.54) is 12.7 Å². The van der Waals surface area contributed by atoms with Crippen molar-refractivity contribution < 1.29 is 4.79 Å². The van der Waals surface area contributed by atoms with Crippen LogP contribution < -0.4 is 0 Å². The van der Waals surface area contributed by atoms with E-state index >= 15 is 0 Å². The van der Waals surface area contributed by atoms with Gasteiger partial charge >= 0.3 is 6.03 Å². The first-order chi connectivity index (χ1) is 7.72. The molecule has 0 aliphatic carbocycles. The molecule has 2 rings (SSSR count). The maximum Gasteiger partial charge on any atom is 0.372 e. The highest BCUT2D eigenvalue weighted by molar-refractivity contribution is 6.28. The average molecular weight is 241 g/mol. The molecule has 0 atom stereocenters. The van der Waals surface area contributed by atoms with Crippen LogP contribution in [0, 0.1) is 0 Å². The zero-order valence-corrected chi connectivity index (χ0v) is 9.29. The van der Waals surface area contributed by atoms with Crippen molar-refractivity contribution in [2.45, 2.75) is 19.8 Å². The summed E-state index contributed by atoms with van der Waals surface area (Å²) in [6.07, 6.45) is 4.05. The van der Waals surface area contributed by atoms with Gasteiger partial charge in [-0.3, -0.25) is 0 Å². The fourth-order valence-corrected chi connectivity index (χ4v) is 1.43. The van der Waals surface area contributed by atoms with Crippen molar-refractivity contribution >= 4 is 17.6 Å². The number of hydrogen-bond donors (Lipinski definition) is 0. The SMILES string of the molecule is CCCc1nc(Cl)nn1C(=O)n1cncn1. The summed E-state index contributed by atoms with van der Waals surface area (Å²) in [7, 11) is 0. The summed E-state index contributed by atoms with van der Waals surface area (Å²) in [5.74, 6) is 0.521. The number of aryl methyl sites for hydroxylation is 1. The van der Waals surface area contributed by atoms with Gasteiger partial charge in [-0.2, -0.15) is 14.5 Å². The van der Waals surface area contributed by atoms with E-state index < -0.39 is 6.03 Å². The van der Waals surface area contributed by atoms with Crippen molar-refractivity contribution in [1.82, 2.24) is 29.5 Å². The minimum absolute atomic E-state index is 0.0527. The summed E-state index contributed by atoms with van der Waals surface area (Å²) in [5.41, 5.74) is 0. The molecule has 0 radical (unpaired) electrons. The first-order valence-corrected chi connectivity index (χ1v) is 5.11. The van der Waals surface area contributed by atoms with Gasteiger partial charge in [-0.1, -0.05) is 6.92 Å². The maximum absolute atomic E-state index is 11.9. The Kier molecular flexibility index (Phi) is 2.95. The Labute approximate surface area is 96.1 Å². The van der Waals surface area contributed by atoms with Gasteiger partial charge in [0.2, 0.25) is 5.28 Å². The molecule has 2 heterocycles. The molecule has 0 aliphatic heterocycles. The number of hydrogen-bond acceptors (Lipinski definition) is 5. The van der Waals surface area contributed by atoms with Crippen LogP contribution in [0.1, 0.15) is 19.2 Å². The Balaban J connectivity index is 2.36. The van der Waals surface area contributed by atoms with Gasteiger partial charge < -0.3 is 0 Å². The van der Waals surface area contributed by atoms with Gasteiger partial charge in [0.15, 0.2) is 0 Å². The number of halogens is 1. The van der Waals surface area contributed by atoms with E-state index in [0.29, 0.717) is 12.2 Å². The van der Waals surface area contributed by atoms with Crippen LogP contribution in [0.5, 0.6) is 0 Å². The molecule has 2 aromatic heterocycles. The standard InChI is InChI=1S/C8H9ClN6O/c1-2-3-6-12-7(9)13-15(6)8(16)14-5-10-4-11-14/h4-5H,2-3H2,1H3. The van der Waals surface area contributed by atoms with Crippen molar-refractivity contribution in [3.8, 4) is 0 Å². The van der Waals surface area contributed by atoms with Gasteiger partial charge in [0.05, 0.1) is 0 Å². The van der Waals surface area contributed by atoms with Gasteiger partial charge in [-0.05, 0) is 18.0 Å². The Bertz CT molecular complexity index is 491. The Hall–Kier alpha value is -1.76. The summed E-state index contributed by atoms with van der Waals surface area (Å²) in [6.45, 7) is 1.98. The van der Waals surface area contributed by atoms with E-state index in [-0.39, 0.29) is 5.28 Å². The quantitative estimate of drug-likeness (QED) is 0.782. The average Bonchev–Trinajstić information content (AvgIpc) is 2.87. The summed E-state index contributed by atoms with van der Waals surface area (Å²) in [6, 6.07) is -0.444. The predicted molar refractivity (Wildman–Crippen MR) is 55.2 cm³/mol. The third-order valence-electron chi connectivity index (χ3n) is 1.92. The van der Waals surface area contributed by atoms with Crippen molar-refractivity contribution in [3.05, 3.63) is 23.8 Å². The van der Waals surface area contributed by atoms with Crippen LogP contribution >= 0.6 is 11.6 Å². The summed E-state index contributed by atoms with van der Waals surface area (Å²) in [5, 5.41) is 7.60. The van der Waals surface area contributed by atoms with Crippen molar-refractivity contribution in [2.24, 2.45) is 0 Å². The Morgan fingerprint density at radius 2 is 2.38 bits per heavy atom. The molecule has 0 amide bonds. The van der Waals surface area contributed by atoms with Gasteiger partial charge in [0.25, 0.3) is 0 Å². The van der Waals surface area contributed by atoms with Crippen LogP contribution in [-0.2, 0) is 6.42 Å². The largest absolute Gasteiger partial charge is 0.372 e. The van der Waals surface area contributed by atoms with Gasteiger partial charge in [0, 0.05) is 6.42 Å². The van der Waals surface area contributed by atoms with Crippen LogP contribution in [-0.4, -0.2) is 35.6 Å². The third-order valence-corrected chi connectivity index (χ3v) is 2.08. The van der Waals surface area contributed by atoms with Crippen LogP contribution in [0.25, 0.3) is 0 Å². The lowest BCUT2D eigenvalue weighted by molar-refractivity contribution is 0.237. The smallest absolute Gasteiger partial charge is 0.243 e. The number of aromatic nitrogens is 6. The second-order valence-corrected chi connectivity index (χ2v) is 3.42. The molecule has 7 nitrogen and oxygen atoms in total. The summed E-state index contributed by atoms with van der Waals surface area (Å²) >= 11 is 5.67. The maximum atomic E-state index is 11.9. The monoisotopic (exact) mass is 240 g/mol. The van der Waals surface area contributed by atoms with E-state index in [1.54, 1.807) is 0 Å². The highest BCUT2D eigenvalue weighted by Crippen LogP contribution is 2.06. The topological polar surface area (TPSA) is 78.5 Å². The molecular formula is C8H9ClN6O. The minimum Gasteiger partial charge on any atom is -0.243 e. The van der Waals surface area contributed by atoms with Crippen LogP contribution in [0.15, 0.2) is 12.7 Å². The summed E-state index contributed by atoms with van der Waals surface area (Å²) in [4.78, 5) is 19.5. The predicted octanol–water partition coefficient (Wildman–Crippen LogP) is 0.992. The molecule has 8 heteroatoms. The number of rotatable bonds is 2. The second kappa shape index (κ2) is 4.40. The van der Waals surface area contributed by atoms with Crippen molar-refractivity contribution in [2.75, 3.05) is 0 Å². The fourth-order valence-electron chi connectivity index (χ4n) is 1.26. The molecule has 0 aromatic carbocycles. The molecule has 0 saturated carbocycles. The highest BCUT2D eigenvalue weighted by Gasteiger charge is 2.16. The lowest BCUT2D eigenvalue weighted by atomic mass is 10.3. The fraction of sp³-hybridized carbons (Fsp3) is 0.375. The van der Waals surface area contributed by atoms with Crippen molar-refractivity contribution in [1.29, 1.82) is 0 Å². The molecule has 0 N–H and O–H groups in total. The highest BCUT2D eigenvalue weighted by atomic mass is 35.5. The first-order valence-electron chi connectivity index (χ1n) is 4.73. The van der Waals surface area contributed by atoms with Gasteiger partial charge in [0.1, 0.15) is 18.5 Å². The molecule has 0 fully saturated rings. The van der Waals surface area contributed by atoms with Crippen molar-refractivity contribution in [3.63, 3.8) is 0 Å². The second-order valence-electron chi connectivity index (χ2n) is 3.08. The van der Waals surface area contributed by atoms with Crippen LogP contribution in [0.2, 0.25) is 5.28 Å². The molecular weight excluding hydrogens is 232 g/mol. The lowest BCUT2D eigenvalue weighted by Crippen LogP contribution is -2.23. The third kappa shape index (κ3) is 1.94. The molecule has 2 aromatic rings. The minimum atomic E-state index is -0.444. The number of nitrogens with zero attached hydrogens (tertiary/aromatic N) is 6. The zero-order valence-electron chi connectivity index (χ0n) is 8.54. The van der Waals surface area contributed by atoms with E-state index in [0.717, 1.165) is 15.8 Å². The van der Waals surface area contributed by atoms with Gasteiger partial charge in [-0.15, -0.1) is 5.10 Å². The van der Waals surface area contributed by atoms with E-state index in [4.69, 9.17) is 11.6 Å². The molecule has 84 valence electrons. The first kappa shape index (κ1) is 10.7. The Morgan fingerprint density at radius 3 is 3.00 bits per heavy atom. The molecule has 0 bridgehead atoms. The molecule has 0 spiro atoms. The lowest BCUT2D eigenvalue weighted by Gasteiger charge is -2.01. The molecule has 16 heavy (non-hydrogen) atoms. The number of carbonyl (C=O) groups is 1. The zero-order chi connectivity index (χ0) is 11.5. The van der Waals surface area contributed by atoms with Crippen LogP contribution in [0.3, 0.4) is 0 Å². The normalized spacial score (nSPS) is 10.6. The number of carbonyl (C=O) groups excluding carboxylic acids is 1. The molecule has 0 saturated heterocycles. The van der Waals surface area contributed by atoms with Crippen LogP contribution in [0.4, 0.5) is 4.79 Å². The van der Waals surface area contributed by atoms with E-state index in [2.05, 4.69) is 20.2 Å². The van der Waals surface area contributed by atoms with Gasteiger partial charge in [-0.25, -0.2) is 14.8 Å². The summed E-state index contributed by atoms with van der Waals surface area (Å²) < 4.78 is 2.21. The Morgan fingerprint density at radius 1 is 1.56 bits per heavy atom. The van der Waals surface area contributed by atoms with E-state index in [1.807, 2.05) is 6.92 Å². The molecule has 0 aliphatic rings. The van der Waals surface area contributed by atoms with E-state index in [9.17, 15) is 4.79 Å². The molecule has 0 unspecified atom stereocenters.